The molecule has 0 aliphatic carbocycles. The van der Waals surface area contributed by atoms with Crippen molar-refractivity contribution in [2.75, 3.05) is 19.8 Å². The van der Waals surface area contributed by atoms with E-state index in [1.54, 1.807) is 19.2 Å². The van der Waals surface area contributed by atoms with E-state index in [-0.39, 0.29) is 4.90 Å². The first-order chi connectivity index (χ1) is 7.36. The summed E-state index contributed by atoms with van der Waals surface area (Å²) < 4.78 is 23.2. The van der Waals surface area contributed by atoms with Crippen LogP contribution in [0.15, 0.2) is 27.6 Å². The molecular formula is C10H14BrNO3S. The molecule has 1 rings (SSSR count). The maximum Gasteiger partial charge on any atom is 0.176 e. The monoisotopic (exact) mass is 307 g/mol. The van der Waals surface area contributed by atoms with Gasteiger partial charge in [0.2, 0.25) is 0 Å². The zero-order valence-electron chi connectivity index (χ0n) is 9.07. The van der Waals surface area contributed by atoms with Crippen LogP contribution in [0.25, 0.3) is 0 Å². The van der Waals surface area contributed by atoms with E-state index in [4.69, 9.17) is 0 Å². The Morgan fingerprint density at radius 3 is 2.56 bits per heavy atom. The summed E-state index contributed by atoms with van der Waals surface area (Å²) in [5, 5.41) is 12.6. The molecule has 0 amide bonds. The number of halogens is 1. The Kier molecular flexibility index (Phi) is 4.49. The van der Waals surface area contributed by atoms with Crippen LogP contribution in [0.3, 0.4) is 0 Å². The molecule has 2 N–H and O–H groups in total. The van der Waals surface area contributed by atoms with Gasteiger partial charge in [0, 0.05) is 17.3 Å². The molecule has 0 aliphatic heterocycles. The highest BCUT2D eigenvalue weighted by atomic mass is 79.9. The quantitative estimate of drug-likeness (QED) is 0.874. The molecule has 16 heavy (non-hydrogen) atoms. The van der Waals surface area contributed by atoms with Gasteiger partial charge in [-0.2, -0.15) is 0 Å². The Morgan fingerprint density at radius 1 is 1.50 bits per heavy atom. The van der Waals surface area contributed by atoms with Gasteiger partial charge in [0.25, 0.3) is 0 Å². The molecule has 1 aromatic carbocycles. The van der Waals surface area contributed by atoms with Gasteiger partial charge < -0.3 is 10.4 Å². The molecule has 0 radical (unpaired) electrons. The fourth-order valence-electron chi connectivity index (χ4n) is 1.34. The van der Waals surface area contributed by atoms with Crippen molar-refractivity contribution in [2.45, 2.75) is 11.0 Å². The first kappa shape index (κ1) is 13.6. The summed E-state index contributed by atoms with van der Waals surface area (Å²) in [6, 6.07) is 4.73. The van der Waals surface area contributed by atoms with Gasteiger partial charge in [-0.15, -0.1) is 0 Å². The van der Waals surface area contributed by atoms with Crippen LogP contribution < -0.4 is 5.32 Å². The van der Waals surface area contributed by atoms with Gasteiger partial charge in [0.1, 0.15) is 0 Å². The molecule has 4 nitrogen and oxygen atoms in total. The van der Waals surface area contributed by atoms with E-state index in [9.17, 15) is 13.5 Å². The zero-order valence-corrected chi connectivity index (χ0v) is 11.5. The predicted molar refractivity (Wildman–Crippen MR) is 66.1 cm³/mol. The second kappa shape index (κ2) is 5.27. The van der Waals surface area contributed by atoms with Gasteiger partial charge in [-0.05, 0) is 40.7 Å². The van der Waals surface area contributed by atoms with Gasteiger partial charge in [-0.1, -0.05) is 6.07 Å². The minimum absolute atomic E-state index is 0.230. The van der Waals surface area contributed by atoms with Crippen molar-refractivity contribution in [3.05, 3.63) is 28.2 Å². The summed E-state index contributed by atoms with van der Waals surface area (Å²) >= 11 is 3.19. The lowest BCUT2D eigenvalue weighted by atomic mass is 10.1. The van der Waals surface area contributed by atoms with Crippen LogP contribution >= 0.6 is 15.9 Å². The second-order valence-electron chi connectivity index (χ2n) is 3.54. The van der Waals surface area contributed by atoms with E-state index in [1.165, 1.54) is 6.07 Å². The highest BCUT2D eigenvalue weighted by Crippen LogP contribution is 2.25. The van der Waals surface area contributed by atoms with Crippen LogP contribution in [0.1, 0.15) is 11.7 Å². The molecule has 90 valence electrons. The largest absolute Gasteiger partial charge is 0.387 e. The highest BCUT2D eigenvalue weighted by Gasteiger charge is 2.14. The summed E-state index contributed by atoms with van der Waals surface area (Å²) in [5.41, 5.74) is 0.675. The lowest BCUT2D eigenvalue weighted by Gasteiger charge is -2.11. The van der Waals surface area contributed by atoms with Crippen molar-refractivity contribution < 1.29 is 13.5 Å². The number of aliphatic hydroxyl groups is 1. The number of aliphatic hydroxyl groups excluding tert-OH is 1. The van der Waals surface area contributed by atoms with Gasteiger partial charge in [0.15, 0.2) is 9.84 Å². The predicted octanol–water partition coefficient (Wildman–Crippen LogP) is 1.11. The Balaban J connectivity index is 3.09. The molecule has 6 heteroatoms. The van der Waals surface area contributed by atoms with Crippen LogP contribution in [0.2, 0.25) is 0 Å². The summed E-state index contributed by atoms with van der Waals surface area (Å²) in [5.74, 6) is 0. The molecule has 0 spiro atoms. The molecule has 0 bridgehead atoms. The van der Waals surface area contributed by atoms with Crippen molar-refractivity contribution in [1.82, 2.24) is 5.32 Å². The van der Waals surface area contributed by atoms with E-state index in [2.05, 4.69) is 21.2 Å². The topological polar surface area (TPSA) is 66.4 Å². The molecule has 0 aliphatic rings. The van der Waals surface area contributed by atoms with Crippen LogP contribution in [-0.4, -0.2) is 33.4 Å². The fourth-order valence-corrected chi connectivity index (χ4v) is 3.34. The number of benzene rings is 1. The van der Waals surface area contributed by atoms with Gasteiger partial charge in [0.05, 0.1) is 11.0 Å². The molecule has 0 heterocycles. The minimum atomic E-state index is -3.23. The van der Waals surface area contributed by atoms with Gasteiger partial charge in [-0.3, -0.25) is 0 Å². The minimum Gasteiger partial charge on any atom is -0.387 e. The Hall–Kier alpha value is -0.430. The number of hydrogen-bond acceptors (Lipinski definition) is 4. The van der Waals surface area contributed by atoms with Crippen molar-refractivity contribution >= 4 is 25.8 Å². The third-order valence-corrected chi connectivity index (χ3v) is 4.21. The van der Waals surface area contributed by atoms with Crippen LogP contribution in [-0.2, 0) is 9.84 Å². The third kappa shape index (κ3) is 3.28. The summed E-state index contributed by atoms with van der Waals surface area (Å²) in [4.78, 5) is 0.230. The third-order valence-electron chi connectivity index (χ3n) is 2.14. The summed E-state index contributed by atoms with van der Waals surface area (Å²) in [6.07, 6.45) is 0.506. The molecular weight excluding hydrogens is 294 g/mol. The highest BCUT2D eigenvalue weighted by molar-refractivity contribution is 9.10. The van der Waals surface area contributed by atoms with E-state index >= 15 is 0 Å². The van der Waals surface area contributed by atoms with Gasteiger partial charge >= 0.3 is 0 Å². The number of hydrogen-bond donors (Lipinski definition) is 2. The molecule has 0 saturated heterocycles. The number of sulfone groups is 1. The van der Waals surface area contributed by atoms with E-state index in [0.29, 0.717) is 16.6 Å². The van der Waals surface area contributed by atoms with Gasteiger partial charge in [-0.25, -0.2) is 8.42 Å². The average Bonchev–Trinajstić information content (AvgIpc) is 2.16. The molecule has 1 aromatic rings. The summed E-state index contributed by atoms with van der Waals surface area (Å²) in [6.45, 7) is 0.421. The molecule has 1 unspecified atom stereocenters. The smallest absolute Gasteiger partial charge is 0.176 e. The maximum absolute atomic E-state index is 11.4. The normalized spacial score (nSPS) is 13.8. The molecule has 0 aromatic heterocycles. The first-order valence-corrected chi connectivity index (χ1v) is 7.37. The molecule has 1 atom stereocenters. The second-order valence-corrected chi connectivity index (χ2v) is 6.37. The van der Waals surface area contributed by atoms with E-state index in [1.807, 2.05) is 0 Å². The van der Waals surface area contributed by atoms with Crippen molar-refractivity contribution in [3.63, 3.8) is 0 Å². The Labute approximate surface area is 104 Å². The van der Waals surface area contributed by atoms with Crippen molar-refractivity contribution in [2.24, 2.45) is 0 Å². The molecule has 0 saturated carbocycles. The number of rotatable bonds is 4. The van der Waals surface area contributed by atoms with Crippen LogP contribution in [0, 0.1) is 0 Å². The van der Waals surface area contributed by atoms with E-state index < -0.39 is 15.9 Å². The molecule has 0 fully saturated rings. The zero-order chi connectivity index (χ0) is 12.3. The SMILES string of the molecule is CNCC(O)c1ccc(S(C)(=O)=O)c(Br)c1. The number of likely N-dealkylation sites (N-methyl/N-ethyl adjacent to an activating group) is 1. The first-order valence-electron chi connectivity index (χ1n) is 4.68. The average molecular weight is 308 g/mol. The van der Waals surface area contributed by atoms with E-state index in [0.717, 1.165) is 6.26 Å². The summed E-state index contributed by atoms with van der Waals surface area (Å²) in [7, 11) is -1.49. The standard InChI is InChI=1S/C10H14BrNO3S/c1-12-6-9(13)7-3-4-10(8(11)5-7)16(2,14)15/h3-5,9,12-13H,6H2,1-2H3. The number of nitrogens with one attached hydrogen (secondary N) is 1. The van der Waals surface area contributed by atoms with Crippen LogP contribution in [0.5, 0.6) is 0 Å². The Bertz CT molecular complexity index is 473. The maximum atomic E-state index is 11.4. The van der Waals surface area contributed by atoms with Crippen LogP contribution in [0.4, 0.5) is 0 Å². The van der Waals surface area contributed by atoms with Crippen molar-refractivity contribution in [1.29, 1.82) is 0 Å². The van der Waals surface area contributed by atoms with Crippen molar-refractivity contribution in [3.8, 4) is 0 Å². The Morgan fingerprint density at radius 2 is 2.12 bits per heavy atom. The lowest BCUT2D eigenvalue weighted by Crippen LogP contribution is -2.16. The fraction of sp³-hybridized carbons (Fsp3) is 0.400. The lowest BCUT2D eigenvalue weighted by molar-refractivity contribution is 0.177.